The Hall–Kier alpha value is -2.89. The van der Waals surface area contributed by atoms with Crippen molar-refractivity contribution >= 4 is 44.2 Å². The van der Waals surface area contributed by atoms with Crippen LogP contribution < -0.4 is 4.90 Å². The van der Waals surface area contributed by atoms with Gasteiger partial charge < -0.3 is 9.80 Å². The number of nitrogens with zero attached hydrogens (tertiary/aromatic N) is 3. The number of hydrogen-bond acceptors (Lipinski definition) is 4. The van der Waals surface area contributed by atoms with Gasteiger partial charge in [-0.1, -0.05) is 71.5 Å². The number of rotatable bonds is 3. The van der Waals surface area contributed by atoms with Gasteiger partial charge in [-0.15, -0.1) is 0 Å². The molecule has 0 aliphatic carbocycles. The minimum absolute atomic E-state index is 0.0848. The molecular weight excluding hydrogens is 414 g/mol. The number of piperazine rings is 1. The summed E-state index contributed by atoms with van der Waals surface area (Å²) in [5.74, 6) is 0.0848. The second-order valence-electron chi connectivity index (χ2n) is 7.31. The molecule has 150 valence electrons. The van der Waals surface area contributed by atoms with Gasteiger partial charge in [0.15, 0.2) is 5.13 Å². The van der Waals surface area contributed by atoms with E-state index in [2.05, 4.69) is 17.0 Å². The lowest BCUT2D eigenvalue weighted by Crippen LogP contribution is -2.48. The zero-order valence-corrected chi connectivity index (χ0v) is 17.9. The Bertz CT molecular complexity index is 1180. The third-order valence-electron chi connectivity index (χ3n) is 5.43. The number of benzene rings is 3. The predicted octanol–water partition coefficient (Wildman–Crippen LogP) is 5.58. The Morgan fingerprint density at radius 3 is 2.23 bits per heavy atom. The second kappa shape index (κ2) is 8.09. The van der Waals surface area contributed by atoms with E-state index in [1.54, 1.807) is 11.3 Å². The van der Waals surface area contributed by atoms with Crippen LogP contribution in [0.2, 0.25) is 5.02 Å². The van der Waals surface area contributed by atoms with Crippen LogP contribution in [0.15, 0.2) is 72.8 Å². The van der Waals surface area contributed by atoms with Crippen molar-refractivity contribution in [2.24, 2.45) is 0 Å². The fourth-order valence-corrected chi connectivity index (χ4v) is 5.07. The molecule has 1 aliphatic rings. The Morgan fingerprint density at radius 2 is 1.53 bits per heavy atom. The summed E-state index contributed by atoms with van der Waals surface area (Å²) in [6.45, 7) is 2.91. The van der Waals surface area contributed by atoms with Crippen molar-refractivity contribution in [2.45, 2.75) is 0 Å². The summed E-state index contributed by atoms with van der Waals surface area (Å²) in [6, 6.07) is 23.9. The zero-order valence-electron chi connectivity index (χ0n) is 16.3. The topological polar surface area (TPSA) is 36.4 Å². The van der Waals surface area contributed by atoms with E-state index in [4.69, 9.17) is 16.6 Å². The molecule has 0 radical (unpaired) electrons. The highest BCUT2D eigenvalue weighted by atomic mass is 35.5. The number of anilines is 1. The monoisotopic (exact) mass is 433 g/mol. The number of halogens is 1. The minimum Gasteiger partial charge on any atom is -0.345 e. The first-order valence-corrected chi connectivity index (χ1v) is 11.1. The van der Waals surface area contributed by atoms with Crippen LogP contribution in [-0.4, -0.2) is 42.0 Å². The molecule has 1 aliphatic heterocycles. The number of thiazole rings is 1. The van der Waals surface area contributed by atoms with Crippen LogP contribution in [0.3, 0.4) is 0 Å². The van der Waals surface area contributed by atoms with Crippen molar-refractivity contribution in [3.63, 3.8) is 0 Å². The van der Waals surface area contributed by atoms with Crippen molar-refractivity contribution in [1.29, 1.82) is 0 Å². The molecule has 1 aromatic heterocycles. The van der Waals surface area contributed by atoms with Crippen LogP contribution in [0.5, 0.6) is 0 Å². The molecule has 1 amide bonds. The lowest BCUT2D eigenvalue weighted by molar-refractivity contribution is 0.0747. The van der Waals surface area contributed by atoms with Gasteiger partial charge in [0, 0.05) is 31.7 Å². The minimum atomic E-state index is 0.0848. The molecular formula is C24H20ClN3OS. The number of aromatic nitrogens is 1. The summed E-state index contributed by atoms with van der Waals surface area (Å²) in [6.07, 6.45) is 0. The van der Waals surface area contributed by atoms with E-state index < -0.39 is 0 Å². The van der Waals surface area contributed by atoms with Gasteiger partial charge >= 0.3 is 0 Å². The molecule has 0 spiro atoms. The summed E-state index contributed by atoms with van der Waals surface area (Å²) >= 11 is 7.92. The van der Waals surface area contributed by atoms with E-state index in [1.807, 2.05) is 65.6 Å². The molecule has 5 rings (SSSR count). The first-order valence-electron chi connectivity index (χ1n) is 9.94. The molecule has 1 saturated heterocycles. The summed E-state index contributed by atoms with van der Waals surface area (Å²) in [5, 5.41) is 1.65. The molecule has 0 unspecified atom stereocenters. The molecule has 0 atom stereocenters. The third-order valence-corrected chi connectivity index (χ3v) is 6.82. The first-order chi connectivity index (χ1) is 14.7. The third kappa shape index (κ3) is 3.66. The molecule has 30 heavy (non-hydrogen) atoms. The highest BCUT2D eigenvalue weighted by Gasteiger charge is 2.24. The van der Waals surface area contributed by atoms with E-state index in [-0.39, 0.29) is 5.91 Å². The number of hydrogen-bond donors (Lipinski definition) is 0. The summed E-state index contributed by atoms with van der Waals surface area (Å²) in [7, 11) is 0. The molecule has 0 saturated carbocycles. The van der Waals surface area contributed by atoms with Crippen molar-refractivity contribution in [3.05, 3.63) is 83.4 Å². The smallest absolute Gasteiger partial charge is 0.253 e. The predicted molar refractivity (Wildman–Crippen MR) is 125 cm³/mol. The van der Waals surface area contributed by atoms with Crippen LogP contribution in [0.4, 0.5) is 5.13 Å². The Morgan fingerprint density at radius 1 is 0.833 bits per heavy atom. The summed E-state index contributed by atoms with van der Waals surface area (Å²) in [5.41, 5.74) is 3.86. The van der Waals surface area contributed by atoms with Crippen molar-refractivity contribution in [3.8, 4) is 11.1 Å². The SMILES string of the molecule is O=C(c1ccc(-c2ccccc2)cc1)N1CCN(c2nc3c(Cl)cccc3s2)CC1. The molecule has 0 N–H and O–H groups in total. The summed E-state index contributed by atoms with van der Waals surface area (Å²) < 4.78 is 1.09. The van der Waals surface area contributed by atoms with E-state index >= 15 is 0 Å². The van der Waals surface area contributed by atoms with Crippen molar-refractivity contribution in [1.82, 2.24) is 9.88 Å². The number of carbonyl (C=O) groups excluding carboxylic acids is 1. The summed E-state index contributed by atoms with van der Waals surface area (Å²) in [4.78, 5) is 21.8. The van der Waals surface area contributed by atoms with Crippen LogP contribution in [0.1, 0.15) is 10.4 Å². The lowest BCUT2D eigenvalue weighted by atomic mass is 10.0. The van der Waals surface area contributed by atoms with Crippen LogP contribution in [0, 0.1) is 0 Å². The van der Waals surface area contributed by atoms with Gasteiger partial charge in [-0.05, 0) is 35.4 Å². The molecule has 4 aromatic rings. The number of para-hydroxylation sites is 1. The lowest BCUT2D eigenvalue weighted by Gasteiger charge is -2.34. The van der Waals surface area contributed by atoms with Gasteiger partial charge in [-0.3, -0.25) is 4.79 Å². The fraction of sp³-hybridized carbons (Fsp3) is 0.167. The van der Waals surface area contributed by atoms with Crippen LogP contribution in [-0.2, 0) is 0 Å². The highest BCUT2D eigenvalue weighted by molar-refractivity contribution is 7.22. The second-order valence-corrected chi connectivity index (χ2v) is 8.72. The average Bonchev–Trinajstić information content (AvgIpc) is 3.25. The van der Waals surface area contributed by atoms with E-state index in [1.165, 1.54) is 0 Å². The van der Waals surface area contributed by atoms with Crippen LogP contribution in [0.25, 0.3) is 21.3 Å². The van der Waals surface area contributed by atoms with Crippen molar-refractivity contribution in [2.75, 3.05) is 31.1 Å². The maximum Gasteiger partial charge on any atom is 0.253 e. The number of carbonyl (C=O) groups is 1. The van der Waals surface area contributed by atoms with Gasteiger partial charge in [0.1, 0.15) is 5.52 Å². The highest BCUT2D eigenvalue weighted by Crippen LogP contribution is 2.33. The number of fused-ring (bicyclic) bond motifs is 1. The van der Waals surface area contributed by atoms with Gasteiger partial charge in [-0.25, -0.2) is 4.98 Å². The van der Waals surface area contributed by atoms with E-state index in [9.17, 15) is 4.79 Å². The number of amides is 1. The Balaban J connectivity index is 1.26. The molecule has 3 aromatic carbocycles. The maximum atomic E-state index is 13.0. The normalized spacial score (nSPS) is 14.3. The Kier molecular flexibility index (Phi) is 5.15. The molecule has 1 fully saturated rings. The molecule has 0 bridgehead atoms. The van der Waals surface area contributed by atoms with Crippen molar-refractivity contribution < 1.29 is 4.79 Å². The molecule has 2 heterocycles. The largest absolute Gasteiger partial charge is 0.345 e. The molecule has 6 heteroatoms. The Labute approximate surface area is 184 Å². The van der Waals surface area contributed by atoms with Gasteiger partial charge in [-0.2, -0.15) is 0 Å². The van der Waals surface area contributed by atoms with E-state index in [0.29, 0.717) is 18.1 Å². The average molecular weight is 434 g/mol. The van der Waals surface area contributed by atoms with Gasteiger partial charge in [0.2, 0.25) is 0 Å². The van der Waals surface area contributed by atoms with Gasteiger partial charge in [0.25, 0.3) is 5.91 Å². The zero-order chi connectivity index (χ0) is 20.5. The first kappa shape index (κ1) is 19.1. The fourth-order valence-electron chi connectivity index (χ4n) is 3.76. The van der Waals surface area contributed by atoms with Crippen LogP contribution >= 0.6 is 22.9 Å². The molecule has 4 nitrogen and oxygen atoms in total. The quantitative estimate of drug-likeness (QED) is 0.423. The maximum absolute atomic E-state index is 13.0. The van der Waals surface area contributed by atoms with E-state index in [0.717, 1.165) is 45.1 Å². The standard InChI is InChI=1S/C24H20ClN3OS/c25-20-7-4-8-21-22(20)26-24(30-21)28-15-13-27(14-16-28)23(29)19-11-9-18(10-12-19)17-5-2-1-3-6-17/h1-12H,13-16H2. The van der Waals surface area contributed by atoms with Gasteiger partial charge in [0.05, 0.1) is 9.72 Å².